The van der Waals surface area contributed by atoms with Crippen LogP contribution < -0.4 is 46.4 Å². The van der Waals surface area contributed by atoms with Crippen molar-refractivity contribution >= 4 is 124 Å². The van der Waals surface area contributed by atoms with Gasteiger partial charge >= 0.3 is 21.1 Å². The molecule has 5 heterocycles. The molecule has 332 valence electrons. The number of imidazole rings is 1. The SMILES string of the molecule is [Pt+2].[c-]1c([Si](c2[c-]c3c(cc2)c2ccccc2n2ccnc32)(c2ccccc2)c2ccccc2)ccc2c1N(c1ccccn1)c1ccc3c(oc4ccccc43)c1[Si]2(c1ccccc1)c1ccccc1. The summed E-state index contributed by atoms with van der Waals surface area (Å²) in [5.41, 5.74) is 5.81. The van der Waals surface area contributed by atoms with Gasteiger partial charge in [0.1, 0.15) is 33.1 Å². The summed E-state index contributed by atoms with van der Waals surface area (Å²) in [6.45, 7) is 0. The molecule has 9 aromatic carbocycles. The van der Waals surface area contributed by atoms with E-state index in [4.69, 9.17) is 14.4 Å². The normalized spacial score (nSPS) is 13.1. The van der Waals surface area contributed by atoms with Crippen LogP contribution in [0.1, 0.15) is 0 Å². The molecule has 70 heavy (non-hydrogen) atoms. The first-order valence-electron chi connectivity index (χ1n) is 23.4. The fraction of sp³-hybridized carbons (Fsp3) is 0. The summed E-state index contributed by atoms with van der Waals surface area (Å²) < 4.78 is 9.36. The molecule has 0 aliphatic carbocycles. The molecule has 8 heteroatoms. The first kappa shape index (κ1) is 42.2. The molecule has 0 radical (unpaired) electrons. The Morgan fingerprint density at radius 3 is 1.79 bits per heavy atom. The Balaban J connectivity index is 0.00000480. The van der Waals surface area contributed by atoms with E-state index in [1.807, 2.05) is 18.5 Å². The van der Waals surface area contributed by atoms with Crippen molar-refractivity contribution in [1.29, 1.82) is 0 Å². The quantitative estimate of drug-likeness (QED) is 0.0693. The monoisotopic (exact) mass is 1110 g/mol. The second kappa shape index (κ2) is 16.6. The Bertz CT molecular complexity index is 4010. The number of hydrogen-bond acceptors (Lipinski definition) is 4. The third-order valence-corrected chi connectivity index (χ3v) is 23.9. The van der Waals surface area contributed by atoms with Gasteiger partial charge in [0.25, 0.3) is 0 Å². The van der Waals surface area contributed by atoms with Crippen LogP contribution in [-0.2, 0) is 21.1 Å². The van der Waals surface area contributed by atoms with Crippen LogP contribution in [0, 0.1) is 12.1 Å². The van der Waals surface area contributed by atoms with E-state index < -0.39 is 16.1 Å². The number of benzene rings is 9. The number of anilines is 3. The van der Waals surface area contributed by atoms with Crippen molar-refractivity contribution in [1.82, 2.24) is 14.4 Å². The molecule has 1 aliphatic rings. The average molecular weight is 1110 g/mol. The minimum absolute atomic E-state index is 0. The summed E-state index contributed by atoms with van der Waals surface area (Å²) in [5.74, 6) is 0.810. The van der Waals surface area contributed by atoms with E-state index in [0.717, 1.165) is 71.4 Å². The molecule has 0 atom stereocenters. The van der Waals surface area contributed by atoms with Crippen LogP contribution in [0.25, 0.3) is 49.3 Å². The van der Waals surface area contributed by atoms with Gasteiger partial charge in [0.05, 0.1) is 5.65 Å². The minimum Gasteiger partial charge on any atom is -0.456 e. The molecule has 0 saturated heterocycles. The molecular weight excluding hydrogens is 1070 g/mol. The predicted molar refractivity (Wildman–Crippen MR) is 288 cm³/mol. The van der Waals surface area contributed by atoms with E-state index in [0.29, 0.717) is 0 Å². The first-order valence-corrected chi connectivity index (χ1v) is 27.4. The molecule has 1 aliphatic heterocycles. The standard InChI is InChI=1S/C62H40N4OSi2.Pt/c1-5-19-43(20-6-1)68(44-21-7-2-8-22-44,47-32-34-49-50-27-13-15-29-54(50)65-40-39-64-62(65)53(49)41-47)48-33-37-58-56(42-48)66(59-31-17-18-38-63-59)55-36-35-52-51-28-14-16-30-57(51)67-60(52)61(55)69(58,45-23-9-3-10-24-45)46-25-11-4-12-26-46;/h1-40H;/q-2;+2. The molecule has 0 unspecified atom stereocenters. The number of rotatable bonds is 7. The van der Waals surface area contributed by atoms with Crippen molar-refractivity contribution in [2.75, 3.05) is 4.90 Å². The zero-order valence-electron chi connectivity index (χ0n) is 37.6. The summed E-state index contributed by atoms with van der Waals surface area (Å²) >= 11 is 0. The number of furan rings is 1. The zero-order valence-corrected chi connectivity index (χ0v) is 41.9. The van der Waals surface area contributed by atoms with Crippen LogP contribution in [0.5, 0.6) is 0 Å². The van der Waals surface area contributed by atoms with Gasteiger partial charge in [-0.2, -0.15) is 23.4 Å². The predicted octanol–water partition coefficient (Wildman–Crippen LogP) is 9.07. The molecule has 4 aromatic heterocycles. The van der Waals surface area contributed by atoms with Crippen LogP contribution >= 0.6 is 0 Å². The van der Waals surface area contributed by atoms with E-state index in [1.165, 1.54) is 36.5 Å². The van der Waals surface area contributed by atoms with Crippen molar-refractivity contribution in [2.24, 2.45) is 0 Å². The van der Waals surface area contributed by atoms with E-state index >= 15 is 0 Å². The molecule has 0 N–H and O–H groups in total. The van der Waals surface area contributed by atoms with Crippen molar-refractivity contribution in [3.63, 3.8) is 0 Å². The fourth-order valence-electron chi connectivity index (χ4n) is 11.6. The third-order valence-electron chi connectivity index (χ3n) is 14.5. The van der Waals surface area contributed by atoms with E-state index in [2.05, 4.69) is 246 Å². The summed E-state index contributed by atoms with van der Waals surface area (Å²) in [4.78, 5) is 12.5. The van der Waals surface area contributed by atoms with Gasteiger partial charge in [0.2, 0.25) is 0 Å². The number of hydrogen-bond donors (Lipinski definition) is 0. The fourth-order valence-corrected chi connectivity index (χ4v) is 21.3. The second-order valence-electron chi connectivity index (χ2n) is 17.9. The zero-order chi connectivity index (χ0) is 45.5. The summed E-state index contributed by atoms with van der Waals surface area (Å²) in [6, 6.07) is 90.3. The summed E-state index contributed by atoms with van der Waals surface area (Å²) in [7, 11) is -6.58. The molecule has 0 bridgehead atoms. The molecule has 14 rings (SSSR count). The van der Waals surface area contributed by atoms with Gasteiger partial charge in [-0.05, 0) is 52.2 Å². The van der Waals surface area contributed by atoms with E-state index in [9.17, 15) is 0 Å². The number of para-hydroxylation sites is 2. The Labute approximate surface area is 421 Å². The second-order valence-corrected chi connectivity index (χ2v) is 25.3. The van der Waals surface area contributed by atoms with Gasteiger partial charge in [-0.3, -0.25) is 4.98 Å². The van der Waals surface area contributed by atoms with E-state index in [-0.39, 0.29) is 21.1 Å². The van der Waals surface area contributed by atoms with Gasteiger partial charge in [0.15, 0.2) is 0 Å². The number of aromatic nitrogens is 3. The van der Waals surface area contributed by atoms with Gasteiger partial charge in [-0.25, -0.2) is 4.98 Å². The van der Waals surface area contributed by atoms with Crippen LogP contribution in [0.3, 0.4) is 0 Å². The molecule has 0 fully saturated rings. The minimum atomic E-state index is -3.30. The smallest absolute Gasteiger partial charge is 0.456 e. The number of nitrogens with zero attached hydrogens (tertiary/aromatic N) is 4. The van der Waals surface area contributed by atoms with Gasteiger partial charge in [-0.1, -0.05) is 185 Å². The van der Waals surface area contributed by atoms with Crippen molar-refractivity contribution in [3.8, 4) is 0 Å². The Morgan fingerprint density at radius 2 is 1.09 bits per heavy atom. The summed E-state index contributed by atoms with van der Waals surface area (Å²) in [6.07, 6.45) is 5.85. The Morgan fingerprint density at radius 1 is 0.486 bits per heavy atom. The van der Waals surface area contributed by atoms with Crippen LogP contribution in [0.2, 0.25) is 0 Å². The van der Waals surface area contributed by atoms with Crippen LogP contribution in [0.15, 0.2) is 247 Å². The van der Waals surface area contributed by atoms with Gasteiger partial charge in [-0.15, -0.1) is 34.0 Å². The average Bonchev–Trinajstić information content (AvgIpc) is 4.08. The van der Waals surface area contributed by atoms with Crippen molar-refractivity contribution in [2.45, 2.75) is 0 Å². The molecule has 0 saturated carbocycles. The van der Waals surface area contributed by atoms with Crippen molar-refractivity contribution < 1.29 is 25.5 Å². The maximum Gasteiger partial charge on any atom is 2.00 e. The van der Waals surface area contributed by atoms with Crippen LogP contribution in [-0.4, -0.2) is 30.5 Å². The maximum absolute atomic E-state index is 7.16. The Hall–Kier alpha value is -7.94. The topological polar surface area (TPSA) is 46.6 Å². The summed E-state index contributed by atoms with van der Waals surface area (Å²) in [5, 5.41) is 15.2. The Kier molecular flexibility index (Phi) is 10.0. The molecule has 0 spiro atoms. The maximum atomic E-state index is 7.16. The third kappa shape index (κ3) is 5.99. The molecule has 0 amide bonds. The van der Waals surface area contributed by atoms with Crippen molar-refractivity contribution in [3.05, 3.63) is 255 Å². The number of pyridine rings is 2. The largest absolute Gasteiger partial charge is 2.00 e. The molecular formula is C62H40N4OPtSi2. The van der Waals surface area contributed by atoms with Crippen LogP contribution in [0.4, 0.5) is 17.2 Å². The van der Waals surface area contributed by atoms with E-state index in [1.54, 1.807) is 0 Å². The van der Waals surface area contributed by atoms with Gasteiger partial charge in [0, 0.05) is 45.8 Å². The molecule has 13 aromatic rings. The first-order chi connectivity index (χ1) is 34.2. The molecule has 5 nitrogen and oxygen atoms in total. The van der Waals surface area contributed by atoms with Gasteiger partial charge < -0.3 is 13.7 Å². The number of fused-ring (bicyclic) bond motifs is 12.